The number of nitrogens with two attached hydrogens (primary N) is 1. The van der Waals surface area contributed by atoms with Crippen LogP contribution in [0.25, 0.3) is 0 Å². The van der Waals surface area contributed by atoms with Gasteiger partial charge < -0.3 is 15.2 Å². The van der Waals surface area contributed by atoms with Crippen molar-refractivity contribution in [1.29, 1.82) is 0 Å². The van der Waals surface area contributed by atoms with E-state index in [2.05, 4.69) is 4.98 Å². The van der Waals surface area contributed by atoms with Crippen LogP contribution in [-0.4, -0.2) is 12.1 Å². The Bertz CT molecular complexity index is 527. The van der Waals surface area contributed by atoms with Crippen LogP contribution in [-0.2, 0) is 0 Å². The van der Waals surface area contributed by atoms with Crippen molar-refractivity contribution in [2.45, 2.75) is 6.92 Å². The summed E-state index contributed by atoms with van der Waals surface area (Å²) in [7, 11) is 1.56. The van der Waals surface area contributed by atoms with Crippen LogP contribution < -0.4 is 15.2 Å². The predicted octanol–water partition coefficient (Wildman–Crippen LogP) is 2.77. The van der Waals surface area contributed by atoms with Gasteiger partial charge in [0.25, 0.3) is 0 Å². The van der Waals surface area contributed by atoms with E-state index in [1.165, 1.54) is 0 Å². The third kappa shape index (κ3) is 2.66. The van der Waals surface area contributed by atoms with Crippen molar-refractivity contribution in [2.24, 2.45) is 0 Å². The molecule has 4 heteroatoms. The van der Waals surface area contributed by atoms with Crippen molar-refractivity contribution in [1.82, 2.24) is 4.98 Å². The third-order valence-electron chi connectivity index (χ3n) is 2.29. The van der Waals surface area contributed by atoms with E-state index < -0.39 is 0 Å². The molecule has 17 heavy (non-hydrogen) atoms. The van der Waals surface area contributed by atoms with Gasteiger partial charge in [0.1, 0.15) is 0 Å². The molecule has 0 fully saturated rings. The van der Waals surface area contributed by atoms with Crippen LogP contribution in [0, 0.1) is 6.92 Å². The fraction of sp³-hybridized carbons (Fsp3) is 0.154. The van der Waals surface area contributed by atoms with Crippen molar-refractivity contribution >= 4 is 5.69 Å². The van der Waals surface area contributed by atoms with Gasteiger partial charge in [-0.05, 0) is 24.6 Å². The molecule has 0 saturated heterocycles. The molecule has 1 heterocycles. The molecule has 0 saturated carbocycles. The molecule has 0 unspecified atom stereocenters. The highest BCUT2D eigenvalue weighted by atomic mass is 16.5. The number of nitrogens with zero attached hydrogens (tertiary/aromatic N) is 1. The van der Waals surface area contributed by atoms with E-state index in [-0.39, 0.29) is 0 Å². The van der Waals surface area contributed by atoms with Gasteiger partial charge in [-0.15, -0.1) is 0 Å². The summed E-state index contributed by atoms with van der Waals surface area (Å²) in [6.07, 6.45) is 0. The molecule has 0 aliphatic rings. The molecular weight excluding hydrogens is 216 g/mol. The van der Waals surface area contributed by atoms with Gasteiger partial charge in [0, 0.05) is 12.1 Å². The second-order valence-corrected chi connectivity index (χ2v) is 3.66. The Hall–Kier alpha value is -2.23. The largest absolute Gasteiger partial charge is 0.481 e. The SMILES string of the molecule is COc1cccc(Oc2cc(C)ccc2N)n1. The molecule has 0 aliphatic carbocycles. The Labute approximate surface area is 100 Å². The molecule has 2 N–H and O–H groups in total. The number of methoxy groups -OCH3 is 1. The van der Waals surface area contributed by atoms with E-state index >= 15 is 0 Å². The average molecular weight is 230 g/mol. The highest BCUT2D eigenvalue weighted by Crippen LogP contribution is 2.27. The van der Waals surface area contributed by atoms with Gasteiger partial charge in [-0.2, -0.15) is 4.98 Å². The molecule has 0 atom stereocenters. The maximum Gasteiger partial charge on any atom is 0.222 e. The molecule has 4 nitrogen and oxygen atoms in total. The minimum Gasteiger partial charge on any atom is -0.481 e. The van der Waals surface area contributed by atoms with Gasteiger partial charge in [-0.3, -0.25) is 0 Å². The topological polar surface area (TPSA) is 57.4 Å². The number of rotatable bonds is 3. The molecule has 0 radical (unpaired) electrons. The average Bonchev–Trinajstić information content (AvgIpc) is 2.34. The zero-order valence-electron chi connectivity index (χ0n) is 9.81. The predicted molar refractivity (Wildman–Crippen MR) is 66.5 cm³/mol. The lowest BCUT2D eigenvalue weighted by Gasteiger charge is -2.09. The molecule has 1 aromatic carbocycles. The third-order valence-corrected chi connectivity index (χ3v) is 2.29. The van der Waals surface area contributed by atoms with Crippen LogP contribution in [0.4, 0.5) is 5.69 Å². The number of pyridine rings is 1. The highest BCUT2D eigenvalue weighted by molar-refractivity contribution is 5.54. The lowest BCUT2D eigenvalue weighted by molar-refractivity contribution is 0.383. The number of hydrogen-bond donors (Lipinski definition) is 1. The molecule has 1 aromatic heterocycles. The van der Waals surface area contributed by atoms with E-state index in [4.69, 9.17) is 15.2 Å². The normalized spacial score (nSPS) is 10.0. The molecular formula is C13H14N2O2. The fourth-order valence-corrected chi connectivity index (χ4v) is 1.41. The summed E-state index contributed by atoms with van der Waals surface area (Å²) in [4.78, 5) is 4.16. The summed E-state index contributed by atoms with van der Waals surface area (Å²) < 4.78 is 10.6. The van der Waals surface area contributed by atoms with Gasteiger partial charge in [-0.25, -0.2) is 0 Å². The summed E-state index contributed by atoms with van der Waals surface area (Å²) in [6.45, 7) is 1.98. The van der Waals surface area contributed by atoms with Crippen LogP contribution in [0.2, 0.25) is 0 Å². The first kappa shape index (κ1) is 11.3. The van der Waals surface area contributed by atoms with E-state index in [1.807, 2.05) is 31.2 Å². The maximum atomic E-state index is 5.82. The summed E-state index contributed by atoms with van der Waals surface area (Å²) >= 11 is 0. The van der Waals surface area contributed by atoms with Crippen LogP contribution in [0.5, 0.6) is 17.5 Å². The lowest BCUT2D eigenvalue weighted by Crippen LogP contribution is -1.95. The molecule has 0 bridgehead atoms. The zero-order chi connectivity index (χ0) is 12.3. The minimum atomic E-state index is 0.460. The molecule has 0 amide bonds. The van der Waals surface area contributed by atoms with Gasteiger partial charge in [0.2, 0.25) is 11.8 Å². The van der Waals surface area contributed by atoms with Gasteiger partial charge in [0.05, 0.1) is 12.8 Å². The summed E-state index contributed by atoms with van der Waals surface area (Å²) in [5, 5.41) is 0. The number of nitrogen functional groups attached to an aromatic ring is 1. The van der Waals surface area contributed by atoms with Crippen molar-refractivity contribution < 1.29 is 9.47 Å². The smallest absolute Gasteiger partial charge is 0.222 e. The molecule has 88 valence electrons. The quantitative estimate of drug-likeness (QED) is 0.824. The Morgan fingerprint density at radius 2 is 1.88 bits per heavy atom. The number of aromatic nitrogens is 1. The number of aryl methyl sites for hydroxylation is 1. The van der Waals surface area contributed by atoms with E-state index in [0.29, 0.717) is 23.2 Å². The summed E-state index contributed by atoms with van der Waals surface area (Å²) in [6, 6.07) is 10.9. The molecule has 2 aromatic rings. The number of anilines is 1. The fourth-order valence-electron chi connectivity index (χ4n) is 1.41. The van der Waals surface area contributed by atoms with Crippen LogP contribution in [0.3, 0.4) is 0 Å². The van der Waals surface area contributed by atoms with E-state index in [1.54, 1.807) is 19.2 Å². The lowest BCUT2D eigenvalue weighted by atomic mass is 10.2. The standard InChI is InChI=1S/C13H14N2O2/c1-9-6-7-10(14)11(8-9)17-13-5-3-4-12(15-13)16-2/h3-8H,14H2,1-2H3. The minimum absolute atomic E-state index is 0.460. The first-order valence-electron chi connectivity index (χ1n) is 5.24. The maximum absolute atomic E-state index is 5.82. The van der Waals surface area contributed by atoms with E-state index in [0.717, 1.165) is 5.56 Å². The van der Waals surface area contributed by atoms with Crippen LogP contribution in [0.15, 0.2) is 36.4 Å². The van der Waals surface area contributed by atoms with Crippen molar-refractivity contribution in [3.8, 4) is 17.5 Å². The Morgan fingerprint density at radius 1 is 1.12 bits per heavy atom. The second kappa shape index (κ2) is 4.74. The molecule has 0 aliphatic heterocycles. The Kier molecular flexibility index (Phi) is 3.14. The van der Waals surface area contributed by atoms with Crippen molar-refractivity contribution in [3.63, 3.8) is 0 Å². The monoisotopic (exact) mass is 230 g/mol. The van der Waals surface area contributed by atoms with Crippen LogP contribution >= 0.6 is 0 Å². The van der Waals surface area contributed by atoms with Gasteiger partial charge in [0.15, 0.2) is 5.75 Å². The second-order valence-electron chi connectivity index (χ2n) is 3.66. The first-order valence-corrected chi connectivity index (χ1v) is 5.24. The zero-order valence-corrected chi connectivity index (χ0v) is 9.81. The number of benzene rings is 1. The van der Waals surface area contributed by atoms with Gasteiger partial charge >= 0.3 is 0 Å². The molecule has 2 rings (SSSR count). The van der Waals surface area contributed by atoms with E-state index in [9.17, 15) is 0 Å². The van der Waals surface area contributed by atoms with Gasteiger partial charge in [-0.1, -0.05) is 12.1 Å². The number of hydrogen-bond acceptors (Lipinski definition) is 4. The van der Waals surface area contributed by atoms with Crippen molar-refractivity contribution in [2.75, 3.05) is 12.8 Å². The summed E-state index contributed by atoms with van der Waals surface area (Å²) in [5.74, 6) is 1.57. The molecule has 0 spiro atoms. The highest BCUT2D eigenvalue weighted by Gasteiger charge is 2.04. The van der Waals surface area contributed by atoms with Crippen molar-refractivity contribution in [3.05, 3.63) is 42.0 Å². The van der Waals surface area contributed by atoms with Crippen LogP contribution in [0.1, 0.15) is 5.56 Å². The summed E-state index contributed by atoms with van der Waals surface area (Å²) in [5.41, 5.74) is 7.49. The number of ether oxygens (including phenoxy) is 2. The Balaban J connectivity index is 2.27. The first-order chi connectivity index (χ1) is 8.19. The Morgan fingerprint density at radius 3 is 2.65 bits per heavy atom.